The number of sulfonamides is 1. The molecule has 2 aromatic rings. The van der Waals surface area contributed by atoms with Crippen molar-refractivity contribution in [2.24, 2.45) is 0 Å². The summed E-state index contributed by atoms with van der Waals surface area (Å²) in [6.07, 6.45) is 1.57. The minimum Gasteiger partial charge on any atom is -0.481 e. The zero-order valence-corrected chi connectivity index (χ0v) is 13.1. The van der Waals surface area contributed by atoms with E-state index in [-0.39, 0.29) is 11.4 Å². The zero-order valence-electron chi connectivity index (χ0n) is 10.7. The van der Waals surface area contributed by atoms with Crippen molar-refractivity contribution >= 4 is 26.0 Å². The van der Waals surface area contributed by atoms with Crippen molar-refractivity contribution in [1.82, 2.24) is 9.71 Å². The van der Waals surface area contributed by atoms with Crippen LogP contribution in [0.4, 0.5) is 0 Å². The minimum absolute atomic E-state index is 0.174. The van der Waals surface area contributed by atoms with Crippen LogP contribution < -0.4 is 9.46 Å². The van der Waals surface area contributed by atoms with Gasteiger partial charge in [-0.25, -0.2) is 18.1 Å². The smallest absolute Gasteiger partial charge is 0.240 e. The molecular weight excluding hydrogens is 344 g/mol. The first-order valence-corrected chi connectivity index (χ1v) is 8.03. The van der Waals surface area contributed by atoms with Crippen LogP contribution in [0.25, 0.3) is 0 Å². The first kappa shape index (κ1) is 15.0. The molecule has 1 aromatic carbocycles. The Kier molecular flexibility index (Phi) is 4.74. The van der Waals surface area contributed by atoms with E-state index in [1.165, 1.54) is 7.11 Å². The van der Waals surface area contributed by atoms with Crippen molar-refractivity contribution in [3.8, 4) is 5.88 Å². The normalized spacial score (nSPS) is 11.3. The summed E-state index contributed by atoms with van der Waals surface area (Å²) in [7, 11) is -2.03. The third-order valence-electron chi connectivity index (χ3n) is 2.58. The van der Waals surface area contributed by atoms with Gasteiger partial charge in [0.05, 0.1) is 12.0 Å². The van der Waals surface area contributed by atoms with Crippen LogP contribution in [0.2, 0.25) is 0 Å². The fraction of sp³-hybridized carbons (Fsp3) is 0.154. The van der Waals surface area contributed by atoms with Crippen LogP contribution in [-0.2, 0) is 16.6 Å². The lowest BCUT2D eigenvalue weighted by Crippen LogP contribution is -2.23. The van der Waals surface area contributed by atoms with Crippen molar-refractivity contribution in [1.29, 1.82) is 0 Å². The molecule has 1 heterocycles. The summed E-state index contributed by atoms with van der Waals surface area (Å²) < 4.78 is 32.5. The Balaban J connectivity index is 2.13. The maximum absolute atomic E-state index is 12.1. The molecule has 1 aromatic heterocycles. The Bertz CT molecular complexity index is 704. The highest BCUT2D eigenvalue weighted by atomic mass is 79.9. The van der Waals surface area contributed by atoms with Gasteiger partial charge in [-0.2, -0.15) is 0 Å². The molecule has 0 aliphatic carbocycles. The van der Waals surface area contributed by atoms with Crippen LogP contribution in [0.1, 0.15) is 5.56 Å². The monoisotopic (exact) mass is 356 g/mol. The average molecular weight is 357 g/mol. The van der Waals surface area contributed by atoms with Gasteiger partial charge in [0.2, 0.25) is 15.9 Å². The van der Waals surface area contributed by atoms with Crippen LogP contribution in [0.3, 0.4) is 0 Å². The molecule has 106 valence electrons. The third kappa shape index (κ3) is 3.78. The summed E-state index contributed by atoms with van der Waals surface area (Å²) in [6, 6.07) is 9.95. The second kappa shape index (κ2) is 6.34. The van der Waals surface area contributed by atoms with Crippen molar-refractivity contribution in [3.05, 3.63) is 52.6 Å². The molecule has 0 amide bonds. The number of aromatic nitrogens is 1. The molecule has 0 bridgehead atoms. The number of rotatable bonds is 5. The molecule has 0 spiro atoms. The van der Waals surface area contributed by atoms with Gasteiger partial charge in [0.15, 0.2) is 0 Å². The Morgan fingerprint density at radius 2 is 2.10 bits per heavy atom. The van der Waals surface area contributed by atoms with E-state index in [1.807, 2.05) is 0 Å². The van der Waals surface area contributed by atoms with E-state index in [0.717, 1.165) is 5.56 Å². The number of benzene rings is 1. The van der Waals surface area contributed by atoms with Crippen molar-refractivity contribution in [2.75, 3.05) is 7.11 Å². The molecule has 0 aliphatic rings. The fourth-order valence-electron chi connectivity index (χ4n) is 1.57. The van der Waals surface area contributed by atoms with E-state index < -0.39 is 10.0 Å². The Hall–Kier alpha value is -1.44. The summed E-state index contributed by atoms with van der Waals surface area (Å²) in [5, 5.41) is 0. The lowest BCUT2D eigenvalue weighted by molar-refractivity contribution is 0.397. The molecule has 5 nitrogen and oxygen atoms in total. The topological polar surface area (TPSA) is 68.3 Å². The molecule has 20 heavy (non-hydrogen) atoms. The molecule has 2 rings (SSSR count). The first-order valence-electron chi connectivity index (χ1n) is 5.75. The number of nitrogens with one attached hydrogen (secondary N) is 1. The van der Waals surface area contributed by atoms with Crippen LogP contribution in [-0.4, -0.2) is 20.5 Å². The van der Waals surface area contributed by atoms with E-state index in [2.05, 4.69) is 25.6 Å². The second-order valence-corrected chi connectivity index (χ2v) is 6.67. The lowest BCUT2D eigenvalue weighted by Gasteiger charge is -2.08. The van der Waals surface area contributed by atoms with Gasteiger partial charge >= 0.3 is 0 Å². The van der Waals surface area contributed by atoms with Crippen molar-refractivity contribution < 1.29 is 13.2 Å². The molecule has 1 N–H and O–H groups in total. The van der Waals surface area contributed by atoms with Gasteiger partial charge in [-0.15, -0.1) is 0 Å². The van der Waals surface area contributed by atoms with Crippen LogP contribution in [0.5, 0.6) is 5.88 Å². The summed E-state index contributed by atoms with van der Waals surface area (Å²) in [5.41, 5.74) is 0.774. The van der Waals surface area contributed by atoms with Gasteiger partial charge in [0, 0.05) is 23.3 Å². The molecule has 0 unspecified atom stereocenters. The number of hydrogen-bond donors (Lipinski definition) is 1. The highest BCUT2D eigenvalue weighted by Crippen LogP contribution is 2.16. The van der Waals surface area contributed by atoms with Gasteiger partial charge in [-0.1, -0.05) is 22.0 Å². The molecule has 0 atom stereocenters. The van der Waals surface area contributed by atoms with E-state index in [0.29, 0.717) is 10.4 Å². The number of pyridine rings is 1. The number of ether oxygens (including phenoxy) is 1. The predicted octanol–water partition coefficient (Wildman–Crippen LogP) is 2.33. The van der Waals surface area contributed by atoms with Crippen molar-refractivity contribution in [3.63, 3.8) is 0 Å². The van der Waals surface area contributed by atoms with Crippen LogP contribution in [0.15, 0.2) is 52.0 Å². The average Bonchev–Trinajstić information content (AvgIpc) is 2.45. The van der Waals surface area contributed by atoms with E-state index >= 15 is 0 Å². The number of methoxy groups -OCH3 is 1. The largest absolute Gasteiger partial charge is 0.481 e. The highest BCUT2D eigenvalue weighted by Gasteiger charge is 2.13. The second-order valence-electron chi connectivity index (χ2n) is 3.99. The van der Waals surface area contributed by atoms with Gasteiger partial charge in [-0.05, 0) is 29.8 Å². The number of hydrogen-bond acceptors (Lipinski definition) is 4. The summed E-state index contributed by atoms with van der Waals surface area (Å²) in [6.45, 7) is 0.174. The molecule has 0 saturated heterocycles. The summed E-state index contributed by atoms with van der Waals surface area (Å²) in [5.74, 6) is 0.448. The molecule has 0 fully saturated rings. The fourth-order valence-corrected chi connectivity index (χ4v) is 3.18. The summed E-state index contributed by atoms with van der Waals surface area (Å²) >= 11 is 3.25. The number of nitrogens with zero attached hydrogens (tertiary/aromatic N) is 1. The Morgan fingerprint density at radius 3 is 2.80 bits per heavy atom. The molecular formula is C13H13BrN2O3S. The quantitative estimate of drug-likeness (QED) is 0.892. The van der Waals surface area contributed by atoms with Gasteiger partial charge in [0.1, 0.15) is 0 Å². The van der Waals surface area contributed by atoms with Crippen molar-refractivity contribution in [2.45, 2.75) is 11.4 Å². The Labute approximate surface area is 126 Å². The van der Waals surface area contributed by atoms with E-state index in [9.17, 15) is 8.42 Å². The summed E-state index contributed by atoms with van der Waals surface area (Å²) in [4.78, 5) is 4.18. The van der Waals surface area contributed by atoms with Crippen LogP contribution >= 0.6 is 15.9 Å². The van der Waals surface area contributed by atoms with E-state index in [1.54, 1.807) is 42.6 Å². The molecule has 7 heteroatoms. The first-order chi connectivity index (χ1) is 9.51. The maximum Gasteiger partial charge on any atom is 0.240 e. The van der Waals surface area contributed by atoms with Gasteiger partial charge in [-0.3, -0.25) is 0 Å². The maximum atomic E-state index is 12.1. The van der Waals surface area contributed by atoms with Gasteiger partial charge < -0.3 is 4.74 Å². The predicted molar refractivity (Wildman–Crippen MR) is 79.0 cm³/mol. The van der Waals surface area contributed by atoms with Gasteiger partial charge in [0.25, 0.3) is 0 Å². The molecule has 0 radical (unpaired) electrons. The Morgan fingerprint density at radius 1 is 1.30 bits per heavy atom. The standard InChI is InChI=1S/C13H13BrN2O3S/c1-19-13-7-10(5-6-15-13)9-16-20(17,18)12-4-2-3-11(14)8-12/h2-8,16H,9H2,1H3. The van der Waals surface area contributed by atoms with E-state index in [4.69, 9.17) is 4.74 Å². The zero-order chi connectivity index (χ0) is 14.6. The lowest BCUT2D eigenvalue weighted by atomic mass is 10.3. The molecule has 0 saturated carbocycles. The SMILES string of the molecule is COc1cc(CNS(=O)(=O)c2cccc(Br)c2)ccn1. The molecule has 0 aliphatic heterocycles. The third-order valence-corrected chi connectivity index (χ3v) is 4.47. The minimum atomic E-state index is -3.54. The highest BCUT2D eigenvalue weighted by molar-refractivity contribution is 9.10. The van der Waals surface area contributed by atoms with Crippen LogP contribution in [0, 0.1) is 0 Å². The number of halogens is 1.